The van der Waals surface area contributed by atoms with E-state index in [9.17, 15) is 34.8 Å². The molecule has 0 radical (unpaired) electrons. The lowest BCUT2D eigenvalue weighted by atomic mass is 9.78. The van der Waals surface area contributed by atoms with Gasteiger partial charge in [-0.15, -0.1) is 0 Å². The van der Waals surface area contributed by atoms with E-state index in [0.29, 0.717) is 0 Å². The third-order valence-electron chi connectivity index (χ3n) is 12.7. The molecule has 15 nitrogen and oxygen atoms in total. The summed E-state index contributed by atoms with van der Waals surface area (Å²) in [5.74, 6) is -10.9. The fraction of sp³-hybridized carbons (Fsp3) is 0.587. The summed E-state index contributed by atoms with van der Waals surface area (Å²) in [6.45, 7) is 5.62. The molecule has 0 unspecified atom stereocenters. The molecule has 9 atom stereocenters. The van der Waals surface area contributed by atoms with Crippen LogP contribution in [0.25, 0.3) is 10.8 Å². The Hall–Kier alpha value is -4.83. The number of aliphatic hydroxyl groups excluding tert-OH is 2. The molecule has 2 aromatic carbocycles. The second-order valence-electron chi connectivity index (χ2n) is 17.0. The summed E-state index contributed by atoms with van der Waals surface area (Å²) in [5, 5.41) is 49.7. The summed E-state index contributed by atoms with van der Waals surface area (Å²) >= 11 is 0. The number of esters is 1. The summed E-state index contributed by atoms with van der Waals surface area (Å²) in [6, 6.07) is 0. The molecule has 0 saturated carbocycles. The van der Waals surface area contributed by atoms with Gasteiger partial charge in [0.1, 0.15) is 34.0 Å². The molecule has 15 heteroatoms. The van der Waals surface area contributed by atoms with Gasteiger partial charge in [-0.05, 0) is 25.8 Å². The number of hydrogen-bond acceptors (Lipinski definition) is 14. The average Bonchev–Trinajstić information content (AvgIpc) is 3.76. The van der Waals surface area contributed by atoms with Crippen molar-refractivity contribution in [3.05, 3.63) is 58.0 Å². The first kappa shape index (κ1) is 36.8. The maximum Gasteiger partial charge on any atom is 0.312 e. The third-order valence-corrected chi connectivity index (χ3v) is 12.7. The van der Waals surface area contributed by atoms with Gasteiger partial charge in [0.25, 0.3) is 11.7 Å². The first-order valence-electron chi connectivity index (χ1n) is 24.0. The average molecular weight is 854 g/mol. The molecule has 5 aliphatic rings. The fourth-order valence-electron chi connectivity index (χ4n) is 8.92. The number of phenolic OH excluding ortho intramolecular Hbond substituents is 2. The zero-order valence-corrected chi connectivity index (χ0v) is 36.0. The maximum absolute atomic E-state index is 14.8. The van der Waals surface area contributed by atoms with Crippen LogP contribution in [0.5, 0.6) is 17.2 Å². The minimum atomic E-state index is -3.14. The van der Waals surface area contributed by atoms with Gasteiger partial charge in [-0.25, -0.2) is 4.99 Å². The molecule has 1 spiro atoms. The highest BCUT2D eigenvalue weighted by molar-refractivity contribution is 6.21. The number of ether oxygens (including phenoxy) is 4. The number of aromatic hydroxyl groups is 2. The number of hydrogen-bond donors (Lipinski definition) is 5. The number of nitrogens with one attached hydrogen (secondary N) is 1. The predicted octanol–water partition coefficient (Wildman–Crippen LogP) is 4.75. The summed E-state index contributed by atoms with van der Waals surface area (Å²) in [5.41, 5.74) is -1.11. The molecule has 7 rings (SSSR count). The summed E-state index contributed by atoms with van der Waals surface area (Å²) in [6.07, 6.45) is 3.48. The van der Waals surface area contributed by atoms with Crippen LogP contribution in [-0.2, 0) is 23.8 Å². The van der Waals surface area contributed by atoms with Gasteiger partial charge < -0.3 is 49.6 Å². The molecular formula is C46H62N4O11. The van der Waals surface area contributed by atoms with Crippen molar-refractivity contribution < 1.29 is 63.4 Å². The number of rotatable bonds is 4. The molecule has 332 valence electrons. The summed E-state index contributed by atoms with van der Waals surface area (Å²) < 4.78 is 80.0. The van der Waals surface area contributed by atoms with Gasteiger partial charge >= 0.3 is 11.8 Å². The number of nitrogens with zero attached hydrogens (tertiary/aromatic N) is 3. The molecule has 2 aromatic rings. The van der Waals surface area contributed by atoms with Crippen molar-refractivity contribution >= 4 is 34.1 Å². The number of likely N-dealkylation sites (tertiary alicyclic amines) is 1. The van der Waals surface area contributed by atoms with Crippen molar-refractivity contribution in [2.24, 2.45) is 39.6 Å². The van der Waals surface area contributed by atoms with Gasteiger partial charge in [0.05, 0.1) is 41.2 Å². The molecule has 5 bridgehead atoms. The Morgan fingerprint density at radius 1 is 1.03 bits per heavy atom. The van der Waals surface area contributed by atoms with Gasteiger partial charge in [-0.1, -0.05) is 59.6 Å². The Morgan fingerprint density at radius 2 is 1.72 bits per heavy atom. The summed E-state index contributed by atoms with van der Waals surface area (Å²) in [7, 11) is 1.42. The number of anilines is 1. The highest BCUT2D eigenvalue weighted by atomic mass is 16.7. The second kappa shape index (κ2) is 17.5. The number of phenols is 2. The number of ketones is 1. The molecule has 1 saturated heterocycles. The first-order chi connectivity index (χ1) is 31.4. The van der Waals surface area contributed by atoms with Crippen LogP contribution in [0.2, 0.25) is 0 Å². The van der Waals surface area contributed by atoms with Crippen LogP contribution in [0, 0.1) is 36.5 Å². The normalized spacial score (nSPS) is 34.4. The van der Waals surface area contributed by atoms with Crippen LogP contribution in [-0.4, -0.2) is 106 Å². The van der Waals surface area contributed by atoms with E-state index in [1.54, 1.807) is 44.7 Å². The standard InChI is InChI=1S/C46H62N4O11/c1-22(2)21-50-18-16-46(17-19-50)48-34-31-32-39(54)28(8)42-33(31)43(56)45(10,61-42)59-20-15-30(58-11)25(5)41(60-29(9)51)27(7)38(53)26(6)37(52)23(3)13-12-14-24(4)44(57)47-36(40(32)55)35(34)49-46/h12-15,20,22-23,25-27,30,37-38,41,48,52-55H,16-19,21H2,1-11H3/b13-12-,20-15?,24-14-,47-36?/t23-,25+,26+,27+,30-,37-,38+,41+,45-/m0/s1/i1D3,2D3,22D. The molecule has 0 aromatic heterocycles. The third kappa shape index (κ3) is 8.54. The minimum Gasteiger partial charge on any atom is -0.507 e. The zero-order valence-electron chi connectivity index (χ0n) is 43.0. The SMILES string of the molecule is [2H]C([2H])([2H])C([2H])(CN1CCC2(CC1)N=c1c(c3c4c5c(C)c(O)c3c(O)c1=NC(=O)/C(C)=C\C=C/[C@H](C)[C@H](O)[C@@H](C)[C@@H](O)[C@@H](C)[C@H](OC(C)=O)[C@H](C)[C@@H](OC)C=CO[C@@](C)(O5)C4=O)N2)C([2H])([2H])[2H]. The number of amides is 1. The monoisotopic (exact) mass is 853 g/mol. The lowest BCUT2D eigenvalue weighted by Crippen LogP contribution is -2.47. The molecule has 1 fully saturated rings. The van der Waals surface area contributed by atoms with Crippen LogP contribution in [0.3, 0.4) is 0 Å². The molecule has 1 amide bonds. The van der Waals surface area contributed by atoms with Crippen LogP contribution < -0.4 is 20.8 Å². The molecule has 61 heavy (non-hydrogen) atoms. The minimum absolute atomic E-state index is 0.0204. The number of benzene rings is 2. The van der Waals surface area contributed by atoms with Gasteiger partial charge in [0, 0.05) is 103 Å². The predicted molar refractivity (Wildman–Crippen MR) is 228 cm³/mol. The van der Waals surface area contributed by atoms with Crippen LogP contribution in [0.1, 0.15) is 101 Å². The second-order valence-corrected chi connectivity index (χ2v) is 17.0. The van der Waals surface area contributed by atoms with E-state index >= 15 is 0 Å². The topological polar surface area (TPSA) is 209 Å². The van der Waals surface area contributed by atoms with Crippen molar-refractivity contribution in [2.75, 3.05) is 32.1 Å². The maximum atomic E-state index is 14.8. The van der Waals surface area contributed by atoms with E-state index < -0.39 is 115 Å². The quantitative estimate of drug-likeness (QED) is 0.208. The molecular weight excluding hydrogens is 785 g/mol. The Morgan fingerprint density at radius 3 is 2.36 bits per heavy atom. The molecule has 0 aliphatic carbocycles. The summed E-state index contributed by atoms with van der Waals surface area (Å²) in [4.78, 5) is 52.0. The van der Waals surface area contributed by atoms with Crippen LogP contribution in [0.4, 0.5) is 5.69 Å². The number of allylic oxidation sites excluding steroid dienone is 2. The van der Waals surface area contributed by atoms with E-state index in [-0.39, 0.29) is 75.6 Å². The first-order valence-corrected chi connectivity index (χ1v) is 20.5. The molecule has 5 heterocycles. The van der Waals surface area contributed by atoms with Gasteiger partial charge in [0.2, 0.25) is 0 Å². The number of piperidine rings is 1. The Bertz CT molecular complexity index is 2560. The largest absolute Gasteiger partial charge is 0.507 e. The van der Waals surface area contributed by atoms with Crippen LogP contribution >= 0.6 is 0 Å². The lowest BCUT2D eigenvalue weighted by Gasteiger charge is -2.38. The molecule has 5 N–H and O–H groups in total. The highest BCUT2D eigenvalue weighted by Gasteiger charge is 2.51. The van der Waals surface area contributed by atoms with Crippen molar-refractivity contribution in [3.63, 3.8) is 0 Å². The Balaban J connectivity index is 1.53. The number of Topliss-reactive ketones (excluding diaryl/α,β-unsaturated/α-hetero) is 1. The van der Waals surface area contributed by atoms with E-state index in [4.69, 9.17) is 33.5 Å². The number of fused-ring (bicyclic) bond motifs is 13. The van der Waals surface area contributed by atoms with Gasteiger partial charge in [-0.2, -0.15) is 0 Å². The van der Waals surface area contributed by atoms with Gasteiger partial charge in [0.15, 0.2) is 5.75 Å². The van der Waals surface area contributed by atoms with Crippen LogP contribution in [0.15, 0.2) is 46.1 Å². The number of aliphatic hydroxyl groups is 2. The lowest BCUT2D eigenvalue weighted by molar-refractivity contribution is -0.160. The Kier molecular flexibility index (Phi) is 10.6. The van der Waals surface area contributed by atoms with Crippen molar-refractivity contribution in [3.8, 4) is 17.2 Å². The number of methoxy groups -OCH3 is 1. The number of carbonyl (C=O) groups excluding carboxylic acids is 3. The van der Waals surface area contributed by atoms with E-state index in [2.05, 4.69) is 10.3 Å². The fourth-order valence-corrected chi connectivity index (χ4v) is 8.92. The van der Waals surface area contributed by atoms with Crippen molar-refractivity contribution in [2.45, 2.75) is 118 Å². The van der Waals surface area contributed by atoms with Gasteiger partial charge in [-0.3, -0.25) is 19.4 Å². The smallest absolute Gasteiger partial charge is 0.312 e. The van der Waals surface area contributed by atoms with E-state index in [0.717, 1.165) is 0 Å². The Labute approximate surface area is 366 Å². The number of carbonyl (C=O) groups is 3. The van der Waals surface area contributed by atoms with E-state index in [1.807, 2.05) is 0 Å². The molecule has 5 aliphatic heterocycles. The van der Waals surface area contributed by atoms with Crippen molar-refractivity contribution in [1.82, 2.24) is 4.90 Å². The van der Waals surface area contributed by atoms with E-state index in [1.165, 1.54) is 53.2 Å². The zero-order chi connectivity index (χ0) is 50.8. The highest BCUT2D eigenvalue weighted by Crippen LogP contribution is 2.51. The van der Waals surface area contributed by atoms with Crippen molar-refractivity contribution in [1.29, 1.82) is 0 Å².